The summed E-state index contributed by atoms with van der Waals surface area (Å²) in [6, 6.07) is 3.82. The van der Waals surface area contributed by atoms with E-state index in [1.54, 1.807) is 12.2 Å². The van der Waals surface area contributed by atoms with Crippen LogP contribution in [0.5, 0.6) is 0 Å². The van der Waals surface area contributed by atoms with Crippen molar-refractivity contribution in [2.24, 2.45) is 5.73 Å². The number of nitrogens with two attached hydrogens (primary N) is 1. The molecule has 68 valence electrons. The van der Waals surface area contributed by atoms with E-state index in [4.69, 9.17) is 5.73 Å². The number of aromatic nitrogens is 1. The van der Waals surface area contributed by atoms with Crippen LogP contribution in [0.4, 0.5) is 0 Å². The molecule has 0 aliphatic rings. The molecule has 2 nitrogen and oxygen atoms in total. The van der Waals surface area contributed by atoms with Gasteiger partial charge in [-0.15, -0.1) is 0 Å². The number of pyridine rings is 1. The minimum atomic E-state index is -0.0439. The molecule has 0 aromatic carbocycles. The summed E-state index contributed by atoms with van der Waals surface area (Å²) in [5.41, 5.74) is 8.40. The predicted octanol–water partition coefficient (Wildman–Crippen LogP) is 2.39. The van der Waals surface area contributed by atoms with Gasteiger partial charge in [0, 0.05) is 6.04 Å². The van der Waals surface area contributed by atoms with E-state index < -0.39 is 0 Å². The van der Waals surface area contributed by atoms with Crippen LogP contribution in [0.2, 0.25) is 0 Å². The summed E-state index contributed by atoms with van der Waals surface area (Å²) in [4.78, 5) is 4.35. The molecule has 2 N–H and O–H groups in total. The van der Waals surface area contributed by atoms with Crippen LogP contribution in [-0.4, -0.2) is 4.98 Å². The second-order valence-electron chi connectivity index (χ2n) is 2.91. The van der Waals surface area contributed by atoms with Gasteiger partial charge in [0.15, 0.2) is 0 Å². The van der Waals surface area contributed by atoms with Crippen LogP contribution in [0.3, 0.4) is 0 Å². The summed E-state index contributed by atoms with van der Waals surface area (Å²) < 4.78 is 0. The van der Waals surface area contributed by atoms with Crippen molar-refractivity contribution in [2.45, 2.75) is 13.0 Å². The summed E-state index contributed by atoms with van der Waals surface area (Å²) in [7, 11) is 0. The third-order valence-electron chi connectivity index (χ3n) is 1.86. The van der Waals surface area contributed by atoms with E-state index in [-0.39, 0.29) is 6.04 Å². The van der Waals surface area contributed by atoms with E-state index in [1.807, 2.05) is 19.1 Å². The average molecular weight is 174 g/mol. The standard InChI is InChI=1S/C11H14N2/c1-4-9-6-7-11(8(3)12)13-10(9)5-2/h4-8H,1-2,12H2,3H3. The molecule has 0 saturated heterocycles. The third kappa shape index (κ3) is 2.04. The van der Waals surface area contributed by atoms with Gasteiger partial charge in [-0.05, 0) is 24.6 Å². The highest BCUT2D eigenvalue weighted by molar-refractivity contribution is 5.60. The van der Waals surface area contributed by atoms with Crippen LogP contribution >= 0.6 is 0 Å². The van der Waals surface area contributed by atoms with E-state index in [2.05, 4.69) is 18.1 Å². The number of hydrogen-bond donors (Lipinski definition) is 1. The first kappa shape index (κ1) is 9.68. The Bertz CT molecular complexity index is 327. The first-order valence-electron chi connectivity index (χ1n) is 4.20. The van der Waals surface area contributed by atoms with E-state index in [0.29, 0.717) is 0 Å². The Kier molecular flexibility index (Phi) is 2.98. The van der Waals surface area contributed by atoms with Gasteiger partial charge in [-0.1, -0.05) is 25.3 Å². The Hall–Kier alpha value is -1.41. The molecule has 0 aliphatic heterocycles. The van der Waals surface area contributed by atoms with Gasteiger partial charge in [-0.2, -0.15) is 0 Å². The average Bonchev–Trinajstić information content (AvgIpc) is 2.16. The van der Waals surface area contributed by atoms with E-state index in [1.165, 1.54) is 0 Å². The van der Waals surface area contributed by atoms with Crippen molar-refractivity contribution in [3.63, 3.8) is 0 Å². The Morgan fingerprint density at radius 2 is 2.08 bits per heavy atom. The van der Waals surface area contributed by atoms with Crippen molar-refractivity contribution in [3.05, 3.63) is 42.2 Å². The molecule has 0 fully saturated rings. The van der Waals surface area contributed by atoms with Crippen LogP contribution in [0.1, 0.15) is 29.9 Å². The van der Waals surface area contributed by atoms with Crippen LogP contribution in [0, 0.1) is 0 Å². The van der Waals surface area contributed by atoms with E-state index >= 15 is 0 Å². The molecule has 0 aliphatic carbocycles. The SMILES string of the molecule is C=Cc1ccc(C(C)N)nc1C=C. The normalized spacial score (nSPS) is 12.2. The fraction of sp³-hybridized carbons (Fsp3) is 0.182. The topological polar surface area (TPSA) is 38.9 Å². The lowest BCUT2D eigenvalue weighted by Gasteiger charge is -2.07. The summed E-state index contributed by atoms with van der Waals surface area (Å²) in [5.74, 6) is 0. The highest BCUT2D eigenvalue weighted by Crippen LogP contribution is 2.13. The first-order chi connectivity index (χ1) is 6.19. The predicted molar refractivity (Wildman–Crippen MR) is 57.0 cm³/mol. The van der Waals surface area contributed by atoms with Crippen LogP contribution in [0.25, 0.3) is 12.2 Å². The number of nitrogens with zero attached hydrogens (tertiary/aromatic N) is 1. The monoisotopic (exact) mass is 174 g/mol. The van der Waals surface area contributed by atoms with Crippen molar-refractivity contribution < 1.29 is 0 Å². The summed E-state index contributed by atoms with van der Waals surface area (Å²) in [5, 5.41) is 0. The van der Waals surface area contributed by atoms with Crippen molar-refractivity contribution in [3.8, 4) is 0 Å². The lowest BCUT2D eigenvalue weighted by Crippen LogP contribution is -2.08. The van der Waals surface area contributed by atoms with Crippen molar-refractivity contribution in [2.75, 3.05) is 0 Å². The molecule has 13 heavy (non-hydrogen) atoms. The summed E-state index contributed by atoms with van der Waals surface area (Å²) in [6.45, 7) is 9.29. The molecule has 1 aromatic rings. The fourth-order valence-electron chi connectivity index (χ4n) is 1.09. The zero-order valence-corrected chi connectivity index (χ0v) is 7.83. The lowest BCUT2D eigenvalue weighted by atomic mass is 10.1. The van der Waals surface area contributed by atoms with Crippen molar-refractivity contribution in [1.82, 2.24) is 4.98 Å². The van der Waals surface area contributed by atoms with E-state index in [9.17, 15) is 0 Å². The molecule has 1 rings (SSSR count). The molecule has 2 heteroatoms. The number of rotatable bonds is 3. The Labute approximate surface area is 78.8 Å². The second-order valence-corrected chi connectivity index (χ2v) is 2.91. The van der Waals surface area contributed by atoms with Crippen LogP contribution in [-0.2, 0) is 0 Å². The molecular weight excluding hydrogens is 160 g/mol. The van der Waals surface area contributed by atoms with Crippen LogP contribution in [0.15, 0.2) is 25.3 Å². The molecule has 1 heterocycles. The fourth-order valence-corrected chi connectivity index (χ4v) is 1.09. The molecule has 0 radical (unpaired) electrons. The van der Waals surface area contributed by atoms with Crippen molar-refractivity contribution >= 4 is 12.2 Å². The van der Waals surface area contributed by atoms with Gasteiger partial charge in [-0.3, -0.25) is 4.98 Å². The zero-order valence-electron chi connectivity index (χ0n) is 7.83. The Balaban J connectivity index is 3.20. The van der Waals surface area contributed by atoms with Gasteiger partial charge < -0.3 is 5.73 Å². The summed E-state index contributed by atoms with van der Waals surface area (Å²) >= 11 is 0. The molecule has 0 spiro atoms. The lowest BCUT2D eigenvalue weighted by molar-refractivity contribution is 0.779. The molecular formula is C11H14N2. The second kappa shape index (κ2) is 4.01. The molecule has 1 atom stereocenters. The van der Waals surface area contributed by atoms with Gasteiger partial charge in [0.25, 0.3) is 0 Å². The molecule has 1 aromatic heterocycles. The quantitative estimate of drug-likeness (QED) is 0.764. The third-order valence-corrected chi connectivity index (χ3v) is 1.86. The zero-order chi connectivity index (χ0) is 9.84. The minimum Gasteiger partial charge on any atom is -0.323 e. The molecule has 0 bridgehead atoms. The summed E-state index contributed by atoms with van der Waals surface area (Å²) in [6.07, 6.45) is 3.47. The molecule has 1 unspecified atom stereocenters. The maximum Gasteiger partial charge on any atom is 0.0699 e. The molecule has 0 saturated carbocycles. The van der Waals surface area contributed by atoms with Gasteiger partial charge in [0.05, 0.1) is 11.4 Å². The highest BCUT2D eigenvalue weighted by atomic mass is 14.8. The first-order valence-corrected chi connectivity index (χ1v) is 4.20. The smallest absolute Gasteiger partial charge is 0.0699 e. The number of hydrogen-bond acceptors (Lipinski definition) is 2. The van der Waals surface area contributed by atoms with Crippen molar-refractivity contribution in [1.29, 1.82) is 0 Å². The Morgan fingerprint density at radius 1 is 1.38 bits per heavy atom. The maximum absolute atomic E-state index is 5.71. The van der Waals surface area contributed by atoms with Crippen LogP contribution < -0.4 is 5.73 Å². The van der Waals surface area contributed by atoms with Gasteiger partial charge in [0.2, 0.25) is 0 Å². The highest BCUT2D eigenvalue weighted by Gasteiger charge is 2.03. The van der Waals surface area contributed by atoms with E-state index in [0.717, 1.165) is 17.0 Å². The Morgan fingerprint density at radius 3 is 2.54 bits per heavy atom. The molecule has 0 amide bonds. The van der Waals surface area contributed by atoms with Gasteiger partial charge in [0.1, 0.15) is 0 Å². The van der Waals surface area contributed by atoms with Gasteiger partial charge >= 0.3 is 0 Å². The van der Waals surface area contributed by atoms with Gasteiger partial charge in [-0.25, -0.2) is 0 Å². The maximum atomic E-state index is 5.71. The minimum absolute atomic E-state index is 0.0439. The largest absolute Gasteiger partial charge is 0.323 e.